The first-order chi connectivity index (χ1) is 23.3. The average Bonchev–Trinajstić information content (AvgIpc) is 3.53. The number of ether oxygens (including phenoxy) is 3. The van der Waals surface area contributed by atoms with Crippen LogP contribution in [-0.4, -0.2) is 99.0 Å². The van der Waals surface area contributed by atoms with Gasteiger partial charge in [-0.25, -0.2) is 37.5 Å². The summed E-state index contributed by atoms with van der Waals surface area (Å²) in [5.74, 6) is -1.24. The van der Waals surface area contributed by atoms with E-state index in [1.165, 1.54) is 23.0 Å². The fourth-order valence-corrected chi connectivity index (χ4v) is 6.96. The van der Waals surface area contributed by atoms with Crippen molar-refractivity contribution in [3.8, 4) is 28.3 Å². The number of halogens is 4. The van der Waals surface area contributed by atoms with Crippen molar-refractivity contribution in [2.45, 2.75) is 38.0 Å². The first-order valence-corrected chi connectivity index (χ1v) is 19.1. The number of hydrogen-bond acceptors (Lipinski definition) is 9. The van der Waals surface area contributed by atoms with Crippen molar-refractivity contribution in [1.82, 2.24) is 29.5 Å². The van der Waals surface area contributed by atoms with Crippen LogP contribution in [0.4, 0.5) is 35.0 Å². The molecule has 3 aliphatic rings. The first kappa shape index (κ1) is 33.6. The van der Waals surface area contributed by atoms with Crippen LogP contribution in [0.2, 0.25) is 0 Å². The molecule has 0 radical (unpaired) electrons. The van der Waals surface area contributed by atoms with Gasteiger partial charge in [0.2, 0.25) is 17.8 Å². The predicted octanol–water partition coefficient (Wildman–Crippen LogP) is 5.83. The van der Waals surface area contributed by atoms with Gasteiger partial charge < -0.3 is 24.4 Å². The van der Waals surface area contributed by atoms with Crippen LogP contribution in [0.5, 0.6) is 5.75 Å². The zero-order chi connectivity index (χ0) is 34.6. The molecule has 49 heavy (non-hydrogen) atoms. The molecule has 7 rings (SSSR count). The highest BCUT2D eigenvalue weighted by Crippen LogP contribution is 2.58. The highest BCUT2D eigenvalue weighted by molar-refractivity contribution is 8.32. The molecule has 16 heteroatoms. The van der Waals surface area contributed by atoms with Crippen molar-refractivity contribution >= 4 is 27.5 Å². The zero-order valence-corrected chi connectivity index (χ0v) is 28.7. The Morgan fingerprint density at radius 3 is 2.53 bits per heavy atom. The third kappa shape index (κ3) is 7.22. The van der Waals surface area contributed by atoms with Gasteiger partial charge in [0.05, 0.1) is 24.5 Å². The van der Waals surface area contributed by atoms with Crippen LogP contribution in [0, 0.1) is 17.2 Å². The monoisotopic (exact) mass is 704 g/mol. The molecule has 11 nitrogen and oxygen atoms in total. The Labute approximate surface area is 283 Å². The molecule has 1 aliphatic carbocycles. The zero-order valence-electron chi connectivity index (χ0n) is 27.9. The molecule has 2 aliphatic heterocycles. The molecule has 1 unspecified atom stereocenters. The summed E-state index contributed by atoms with van der Waals surface area (Å²) >= 11 is 0. The molecule has 264 valence electrons. The van der Waals surface area contributed by atoms with E-state index in [-0.39, 0.29) is 42.2 Å². The number of benzene rings is 1. The maximum atomic E-state index is 15.3. The van der Waals surface area contributed by atoms with E-state index < -0.39 is 27.7 Å². The summed E-state index contributed by atoms with van der Waals surface area (Å²) in [4.78, 5) is 11.2. The second kappa shape index (κ2) is 12.8. The number of nitrogens with zero attached hydrogens (tertiary/aromatic N) is 7. The third-order valence-corrected chi connectivity index (χ3v) is 10.4. The number of aromatic nitrogens is 6. The van der Waals surface area contributed by atoms with Crippen LogP contribution in [0.1, 0.15) is 19.3 Å². The minimum absolute atomic E-state index is 0.00839. The van der Waals surface area contributed by atoms with Gasteiger partial charge in [0.15, 0.2) is 17.4 Å². The van der Waals surface area contributed by atoms with Gasteiger partial charge in [-0.05, 0) is 43.0 Å². The molecular weight excluding hydrogens is 664 g/mol. The van der Waals surface area contributed by atoms with E-state index in [1.807, 2.05) is 4.90 Å². The average molecular weight is 705 g/mol. The minimum atomic E-state index is -2.58. The van der Waals surface area contributed by atoms with Crippen molar-refractivity contribution in [3.63, 3.8) is 0 Å². The lowest BCUT2D eigenvalue weighted by atomic mass is 9.61. The Kier molecular flexibility index (Phi) is 8.76. The van der Waals surface area contributed by atoms with Crippen LogP contribution >= 0.6 is 10.0 Å². The molecule has 3 fully saturated rings. The molecule has 0 amide bonds. The summed E-state index contributed by atoms with van der Waals surface area (Å²) in [6.07, 6.45) is 10.1. The number of pyridine rings is 1. The summed E-state index contributed by atoms with van der Waals surface area (Å²) in [6.45, 7) is 2.46. The molecule has 3 aromatic heterocycles. The van der Waals surface area contributed by atoms with Crippen molar-refractivity contribution in [1.29, 1.82) is 0 Å². The standard InChI is InChI=1S/C33H40F4N8O3S/c1-43-31(40-22-5-6-24(26(34)12-22)25-14-39-45(28(25)35)20-46-9-10-49(2,3)4)41-29(42-43)21-11-27(48-15-23-7-8-47-23)30(38-13-21)44-18-32(19-44)16-33(36,37)17-32/h5-6,11-14,23H,7-10,15-20H2,1-4H3,(H,40,41,42). The van der Waals surface area contributed by atoms with Gasteiger partial charge in [0, 0.05) is 80.2 Å². The summed E-state index contributed by atoms with van der Waals surface area (Å²) in [5, 5.41) is 11.6. The highest BCUT2D eigenvalue weighted by Gasteiger charge is 2.62. The summed E-state index contributed by atoms with van der Waals surface area (Å²) in [5.41, 5.74) is 0.704. The fraction of sp³-hybridized carbons (Fsp3) is 0.515. The molecule has 1 saturated carbocycles. The van der Waals surface area contributed by atoms with Crippen LogP contribution in [-0.2, 0) is 23.3 Å². The van der Waals surface area contributed by atoms with E-state index in [4.69, 9.17) is 14.2 Å². The number of anilines is 3. The van der Waals surface area contributed by atoms with Crippen molar-refractivity contribution in [2.24, 2.45) is 12.5 Å². The fourth-order valence-electron chi connectivity index (χ4n) is 6.34. The maximum absolute atomic E-state index is 15.3. The second-order valence-electron chi connectivity index (χ2n) is 14.1. The van der Waals surface area contributed by atoms with E-state index in [9.17, 15) is 8.78 Å². The van der Waals surface area contributed by atoms with Gasteiger partial charge in [-0.1, -0.05) is 0 Å². The van der Waals surface area contributed by atoms with Crippen molar-refractivity contribution in [2.75, 3.05) is 67.6 Å². The Bertz CT molecular complexity index is 1820. The Hall–Kier alpha value is -3.89. The van der Waals surface area contributed by atoms with Crippen LogP contribution in [0.3, 0.4) is 0 Å². The number of rotatable bonds is 13. The minimum Gasteiger partial charge on any atom is -0.487 e. The van der Waals surface area contributed by atoms with E-state index in [0.717, 1.165) is 16.9 Å². The van der Waals surface area contributed by atoms with Crippen LogP contribution < -0.4 is 15.0 Å². The van der Waals surface area contributed by atoms with Gasteiger partial charge in [0.1, 0.15) is 19.2 Å². The second-order valence-corrected chi connectivity index (χ2v) is 18.7. The SMILES string of the molecule is Cn1nc(-c2cnc(N3CC4(C3)CC(F)(F)C4)c(OCC3CCO3)c2)nc1Nc1ccc(-c2cnn(COCCS(C)(C)C)c2F)c(F)c1. The molecule has 5 heterocycles. The van der Waals surface area contributed by atoms with Gasteiger partial charge >= 0.3 is 0 Å². The van der Waals surface area contributed by atoms with E-state index in [0.29, 0.717) is 67.5 Å². The number of alkyl halides is 2. The molecular formula is C33H40F4N8O3S. The summed E-state index contributed by atoms with van der Waals surface area (Å²) < 4.78 is 77.4. The first-order valence-electron chi connectivity index (χ1n) is 16.1. The van der Waals surface area contributed by atoms with Gasteiger partial charge in [-0.3, -0.25) is 0 Å². The van der Waals surface area contributed by atoms with Crippen LogP contribution in [0.15, 0.2) is 36.7 Å². The molecule has 1 aromatic carbocycles. The van der Waals surface area contributed by atoms with Crippen molar-refractivity contribution < 1.29 is 31.8 Å². The van der Waals surface area contributed by atoms with Crippen molar-refractivity contribution in [3.05, 3.63) is 48.4 Å². The third-order valence-electron chi connectivity index (χ3n) is 9.04. The molecule has 1 N–H and O–H groups in total. The predicted molar refractivity (Wildman–Crippen MR) is 180 cm³/mol. The summed E-state index contributed by atoms with van der Waals surface area (Å²) in [6, 6.07) is 6.15. The Balaban J connectivity index is 1.04. The van der Waals surface area contributed by atoms with Gasteiger partial charge in [0.25, 0.3) is 0 Å². The molecule has 4 aromatic rings. The maximum Gasteiger partial charge on any atom is 0.249 e. The largest absolute Gasteiger partial charge is 0.487 e. The Morgan fingerprint density at radius 1 is 1.08 bits per heavy atom. The molecule has 1 atom stereocenters. The molecule has 0 bridgehead atoms. The van der Waals surface area contributed by atoms with E-state index >= 15 is 8.78 Å². The normalized spacial score (nSPS) is 19.7. The lowest BCUT2D eigenvalue weighted by Gasteiger charge is -2.59. The van der Waals surface area contributed by atoms with E-state index in [1.54, 1.807) is 25.4 Å². The lowest BCUT2D eigenvalue weighted by molar-refractivity contribution is -0.170. The topological polar surface area (TPSA) is 104 Å². The molecule has 1 spiro atoms. The van der Waals surface area contributed by atoms with Gasteiger partial charge in [-0.15, -0.1) is 5.10 Å². The quantitative estimate of drug-likeness (QED) is 0.136. The lowest BCUT2D eigenvalue weighted by Crippen LogP contribution is -2.66. The smallest absolute Gasteiger partial charge is 0.249 e. The summed E-state index contributed by atoms with van der Waals surface area (Å²) in [7, 11) is 0.960. The number of nitrogens with one attached hydrogen (secondary N) is 1. The number of hydrogen-bond donors (Lipinski definition) is 1. The highest BCUT2D eigenvalue weighted by atomic mass is 32.3. The van der Waals surface area contributed by atoms with Crippen LogP contribution in [0.25, 0.3) is 22.5 Å². The Morgan fingerprint density at radius 2 is 1.86 bits per heavy atom. The molecule has 2 saturated heterocycles. The van der Waals surface area contributed by atoms with E-state index in [2.05, 4.69) is 44.2 Å². The van der Waals surface area contributed by atoms with Gasteiger partial charge in [-0.2, -0.15) is 14.5 Å². The number of aryl methyl sites for hydroxylation is 1.